The largest absolute Gasteiger partial charge is 0.317 e. The van der Waals surface area contributed by atoms with Crippen molar-refractivity contribution in [3.05, 3.63) is 35.9 Å². The van der Waals surface area contributed by atoms with Crippen LogP contribution in [0.25, 0.3) is 0 Å². The minimum absolute atomic E-state index is 0.459. The maximum absolute atomic E-state index is 3.72. The number of hydrogen-bond donors (Lipinski definition) is 2. The van der Waals surface area contributed by atoms with E-state index < -0.39 is 0 Å². The van der Waals surface area contributed by atoms with Gasteiger partial charge in [0, 0.05) is 18.6 Å². The van der Waals surface area contributed by atoms with Crippen LogP contribution in [0.3, 0.4) is 0 Å². The maximum Gasteiger partial charge on any atom is 0.0466 e. The Morgan fingerprint density at radius 2 is 1.89 bits per heavy atom. The van der Waals surface area contributed by atoms with E-state index >= 15 is 0 Å². The lowest BCUT2D eigenvalue weighted by Gasteiger charge is -2.29. The zero-order valence-electron chi connectivity index (χ0n) is 11.5. The van der Waals surface area contributed by atoms with Gasteiger partial charge in [-0.25, -0.2) is 0 Å². The summed E-state index contributed by atoms with van der Waals surface area (Å²) >= 11 is 0. The van der Waals surface area contributed by atoms with Crippen molar-refractivity contribution < 1.29 is 0 Å². The number of nitrogens with one attached hydrogen (secondary N) is 2. The first-order chi connectivity index (χ1) is 8.77. The van der Waals surface area contributed by atoms with Gasteiger partial charge < -0.3 is 15.5 Å². The Kier molecular flexibility index (Phi) is 5.17. The minimum Gasteiger partial charge on any atom is -0.317 e. The van der Waals surface area contributed by atoms with Gasteiger partial charge in [-0.2, -0.15) is 0 Å². The van der Waals surface area contributed by atoms with Crippen molar-refractivity contribution in [3.8, 4) is 0 Å². The molecule has 2 rings (SSSR count). The fourth-order valence-corrected chi connectivity index (χ4v) is 2.58. The molecule has 1 aromatic carbocycles. The van der Waals surface area contributed by atoms with Crippen LogP contribution in [0, 0.1) is 0 Å². The van der Waals surface area contributed by atoms with Crippen molar-refractivity contribution in [2.45, 2.75) is 24.9 Å². The van der Waals surface area contributed by atoms with Gasteiger partial charge >= 0.3 is 0 Å². The minimum atomic E-state index is 0.459. The molecule has 1 aliphatic heterocycles. The van der Waals surface area contributed by atoms with Gasteiger partial charge in [-0.1, -0.05) is 30.3 Å². The van der Waals surface area contributed by atoms with Crippen LogP contribution in [-0.2, 0) is 0 Å². The molecule has 0 aromatic heterocycles. The van der Waals surface area contributed by atoms with Gasteiger partial charge in [-0.3, -0.25) is 0 Å². The first-order valence-corrected chi connectivity index (χ1v) is 6.93. The lowest BCUT2D eigenvalue weighted by Crippen LogP contribution is -2.43. The second-order valence-electron chi connectivity index (χ2n) is 5.32. The molecule has 1 heterocycles. The van der Waals surface area contributed by atoms with Gasteiger partial charge in [0.25, 0.3) is 0 Å². The maximum atomic E-state index is 3.72. The van der Waals surface area contributed by atoms with Gasteiger partial charge in [0.05, 0.1) is 0 Å². The van der Waals surface area contributed by atoms with Crippen LogP contribution in [-0.4, -0.2) is 44.7 Å². The standard InChI is InChI=1S/C15H25N3/c1-18(2)15(13-6-4-3-5-7-13)12-17-14-8-10-16-11-9-14/h3-7,14-17H,8-12H2,1-2H3. The van der Waals surface area contributed by atoms with Crippen LogP contribution in [0.1, 0.15) is 24.4 Å². The summed E-state index contributed by atoms with van der Waals surface area (Å²) in [4.78, 5) is 2.30. The van der Waals surface area contributed by atoms with E-state index in [2.05, 4.69) is 60.0 Å². The third-order valence-electron chi connectivity index (χ3n) is 3.75. The molecule has 100 valence electrons. The normalized spacial score (nSPS) is 19.1. The smallest absolute Gasteiger partial charge is 0.0466 e. The van der Waals surface area contributed by atoms with Crippen LogP contribution in [0.4, 0.5) is 0 Å². The number of likely N-dealkylation sites (N-methyl/N-ethyl adjacent to an activating group) is 1. The van der Waals surface area contributed by atoms with E-state index in [4.69, 9.17) is 0 Å². The van der Waals surface area contributed by atoms with E-state index in [1.807, 2.05) is 0 Å². The predicted molar refractivity (Wildman–Crippen MR) is 76.8 cm³/mol. The fourth-order valence-electron chi connectivity index (χ4n) is 2.58. The zero-order chi connectivity index (χ0) is 12.8. The van der Waals surface area contributed by atoms with Crippen molar-refractivity contribution in [1.29, 1.82) is 0 Å². The summed E-state index contributed by atoms with van der Waals surface area (Å²) in [5.74, 6) is 0. The molecule has 0 saturated carbocycles. The summed E-state index contributed by atoms with van der Waals surface area (Å²) in [6, 6.07) is 11.9. The quantitative estimate of drug-likeness (QED) is 0.828. The van der Waals surface area contributed by atoms with Crippen molar-refractivity contribution in [2.24, 2.45) is 0 Å². The monoisotopic (exact) mass is 247 g/mol. The van der Waals surface area contributed by atoms with Crippen LogP contribution in [0.2, 0.25) is 0 Å². The van der Waals surface area contributed by atoms with Gasteiger partial charge in [0.2, 0.25) is 0 Å². The average Bonchev–Trinajstić information content (AvgIpc) is 2.41. The molecule has 1 atom stereocenters. The number of hydrogen-bond acceptors (Lipinski definition) is 3. The summed E-state index contributed by atoms with van der Waals surface area (Å²) in [6.45, 7) is 3.33. The Morgan fingerprint density at radius 1 is 1.22 bits per heavy atom. The molecule has 0 amide bonds. The molecule has 0 bridgehead atoms. The van der Waals surface area contributed by atoms with E-state index in [0.29, 0.717) is 12.1 Å². The molecular weight excluding hydrogens is 222 g/mol. The Balaban J connectivity index is 1.90. The molecule has 1 aromatic rings. The molecule has 0 aliphatic carbocycles. The van der Waals surface area contributed by atoms with Crippen molar-refractivity contribution in [1.82, 2.24) is 15.5 Å². The molecular formula is C15H25N3. The Morgan fingerprint density at radius 3 is 2.50 bits per heavy atom. The molecule has 1 aliphatic rings. The number of benzene rings is 1. The van der Waals surface area contributed by atoms with Crippen LogP contribution >= 0.6 is 0 Å². The highest BCUT2D eigenvalue weighted by Crippen LogP contribution is 2.17. The van der Waals surface area contributed by atoms with E-state index in [0.717, 1.165) is 19.6 Å². The Hall–Kier alpha value is -0.900. The lowest BCUT2D eigenvalue weighted by molar-refractivity contribution is 0.268. The van der Waals surface area contributed by atoms with E-state index in [9.17, 15) is 0 Å². The van der Waals surface area contributed by atoms with Gasteiger partial charge in [0.1, 0.15) is 0 Å². The number of piperidine rings is 1. The third-order valence-corrected chi connectivity index (χ3v) is 3.75. The van der Waals surface area contributed by atoms with E-state index in [-0.39, 0.29) is 0 Å². The summed E-state index contributed by atoms with van der Waals surface area (Å²) < 4.78 is 0. The van der Waals surface area contributed by atoms with Gasteiger partial charge in [0.15, 0.2) is 0 Å². The highest BCUT2D eigenvalue weighted by molar-refractivity contribution is 5.19. The van der Waals surface area contributed by atoms with Crippen molar-refractivity contribution in [3.63, 3.8) is 0 Å². The van der Waals surface area contributed by atoms with Gasteiger partial charge in [-0.05, 0) is 45.6 Å². The zero-order valence-corrected chi connectivity index (χ0v) is 11.5. The van der Waals surface area contributed by atoms with Crippen LogP contribution in [0.5, 0.6) is 0 Å². The molecule has 0 spiro atoms. The first kappa shape index (κ1) is 13.5. The Labute approximate surface area is 111 Å². The van der Waals surface area contributed by atoms with Gasteiger partial charge in [-0.15, -0.1) is 0 Å². The molecule has 0 radical (unpaired) electrons. The fraction of sp³-hybridized carbons (Fsp3) is 0.600. The SMILES string of the molecule is CN(C)C(CNC1CCNCC1)c1ccccc1. The summed E-state index contributed by atoms with van der Waals surface area (Å²) in [6.07, 6.45) is 2.49. The molecule has 1 saturated heterocycles. The first-order valence-electron chi connectivity index (χ1n) is 6.93. The third kappa shape index (κ3) is 3.80. The second kappa shape index (κ2) is 6.88. The lowest BCUT2D eigenvalue weighted by atomic mass is 10.0. The average molecular weight is 247 g/mol. The topological polar surface area (TPSA) is 27.3 Å². The Bertz CT molecular complexity index is 331. The molecule has 1 unspecified atom stereocenters. The highest BCUT2D eigenvalue weighted by atomic mass is 15.1. The highest BCUT2D eigenvalue weighted by Gasteiger charge is 2.17. The van der Waals surface area contributed by atoms with Crippen molar-refractivity contribution in [2.75, 3.05) is 33.7 Å². The summed E-state index contributed by atoms with van der Waals surface area (Å²) in [5.41, 5.74) is 1.39. The van der Waals surface area contributed by atoms with E-state index in [1.165, 1.54) is 18.4 Å². The summed E-state index contributed by atoms with van der Waals surface area (Å²) in [5, 5.41) is 7.13. The molecule has 1 fully saturated rings. The molecule has 3 heteroatoms. The summed E-state index contributed by atoms with van der Waals surface area (Å²) in [7, 11) is 4.31. The van der Waals surface area contributed by atoms with Crippen LogP contribution < -0.4 is 10.6 Å². The predicted octanol–water partition coefficient (Wildman–Crippen LogP) is 1.63. The number of nitrogens with zero attached hydrogens (tertiary/aromatic N) is 1. The van der Waals surface area contributed by atoms with Crippen molar-refractivity contribution >= 4 is 0 Å². The number of rotatable bonds is 5. The van der Waals surface area contributed by atoms with E-state index in [1.54, 1.807) is 0 Å². The molecule has 18 heavy (non-hydrogen) atoms. The molecule has 3 nitrogen and oxygen atoms in total. The molecule has 2 N–H and O–H groups in total. The van der Waals surface area contributed by atoms with Crippen LogP contribution in [0.15, 0.2) is 30.3 Å². The second-order valence-corrected chi connectivity index (χ2v) is 5.32.